The summed E-state index contributed by atoms with van der Waals surface area (Å²) < 4.78 is 0. The maximum absolute atomic E-state index is 12.8. The van der Waals surface area contributed by atoms with E-state index in [0.29, 0.717) is 18.4 Å². The van der Waals surface area contributed by atoms with Gasteiger partial charge in [0.2, 0.25) is 5.91 Å². The van der Waals surface area contributed by atoms with E-state index >= 15 is 0 Å². The fourth-order valence-electron chi connectivity index (χ4n) is 4.23. The number of fused-ring (bicyclic) bond motifs is 1. The number of hydrogen-bond acceptors (Lipinski definition) is 2. The Balaban J connectivity index is 1.69. The van der Waals surface area contributed by atoms with Crippen LogP contribution in [0.1, 0.15) is 52.5 Å². The number of piperidine rings is 1. The Morgan fingerprint density at radius 3 is 2.69 bits per heavy atom. The van der Waals surface area contributed by atoms with Crippen molar-refractivity contribution >= 4 is 16.7 Å². The lowest BCUT2D eigenvalue weighted by Crippen LogP contribution is -2.44. The Kier molecular flexibility index (Phi) is 5.67. The molecule has 0 aromatic heterocycles. The van der Waals surface area contributed by atoms with Gasteiger partial charge in [-0.1, -0.05) is 42.5 Å². The molecule has 26 heavy (non-hydrogen) atoms. The summed E-state index contributed by atoms with van der Waals surface area (Å²) in [5.74, 6) is 0.632. The minimum Gasteiger partial charge on any atom is -0.347 e. The molecule has 0 aliphatic carbocycles. The second-order valence-electron chi connectivity index (χ2n) is 8.50. The highest BCUT2D eigenvalue weighted by molar-refractivity contribution is 5.87. The number of hydrogen-bond donors (Lipinski definition) is 1. The van der Waals surface area contributed by atoms with E-state index < -0.39 is 0 Å². The van der Waals surface area contributed by atoms with Crippen LogP contribution in [0.15, 0.2) is 42.5 Å². The van der Waals surface area contributed by atoms with Gasteiger partial charge in [0.15, 0.2) is 0 Å². The van der Waals surface area contributed by atoms with Crippen LogP contribution in [0.3, 0.4) is 0 Å². The normalized spacial score (nSPS) is 19.0. The smallest absolute Gasteiger partial charge is 0.220 e. The Morgan fingerprint density at radius 1 is 1.19 bits per heavy atom. The molecule has 1 amide bonds. The number of carbonyl (C=O) groups excluding carboxylic acids is 1. The molecule has 1 saturated heterocycles. The molecule has 2 aromatic carbocycles. The largest absolute Gasteiger partial charge is 0.347 e. The van der Waals surface area contributed by atoms with Crippen molar-refractivity contribution in [3.63, 3.8) is 0 Å². The first-order chi connectivity index (χ1) is 12.4. The zero-order valence-corrected chi connectivity index (χ0v) is 16.6. The maximum atomic E-state index is 12.8. The van der Waals surface area contributed by atoms with Crippen LogP contribution in [0.4, 0.5) is 0 Å². The van der Waals surface area contributed by atoms with Crippen LogP contribution in [0.2, 0.25) is 0 Å². The lowest BCUT2D eigenvalue weighted by molar-refractivity contribution is -0.124. The van der Waals surface area contributed by atoms with E-state index in [1.165, 1.54) is 22.8 Å². The molecule has 1 fully saturated rings. The SMILES string of the molecule is CC(C)N1CCCC(CC(=O)NC(C)(C)c2cccc3ccccc23)C1. The van der Waals surface area contributed by atoms with Gasteiger partial charge in [-0.15, -0.1) is 0 Å². The number of nitrogens with zero attached hydrogens (tertiary/aromatic N) is 1. The van der Waals surface area contributed by atoms with Crippen LogP contribution in [-0.2, 0) is 10.3 Å². The van der Waals surface area contributed by atoms with Crippen LogP contribution in [0.5, 0.6) is 0 Å². The molecule has 0 bridgehead atoms. The average Bonchev–Trinajstić information content (AvgIpc) is 2.60. The number of benzene rings is 2. The molecule has 0 radical (unpaired) electrons. The molecule has 3 rings (SSSR count). The highest BCUT2D eigenvalue weighted by Crippen LogP contribution is 2.29. The predicted octanol–water partition coefficient (Wildman–Crippen LogP) is 4.70. The van der Waals surface area contributed by atoms with Gasteiger partial charge in [-0.05, 0) is 69.3 Å². The van der Waals surface area contributed by atoms with E-state index in [9.17, 15) is 4.79 Å². The zero-order valence-electron chi connectivity index (χ0n) is 16.6. The van der Waals surface area contributed by atoms with Crippen molar-refractivity contribution < 1.29 is 4.79 Å². The van der Waals surface area contributed by atoms with Crippen molar-refractivity contribution in [3.05, 3.63) is 48.0 Å². The van der Waals surface area contributed by atoms with Crippen LogP contribution in [0.25, 0.3) is 10.8 Å². The summed E-state index contributed by atoms with van der Waals surface area (Å²) in [6.07, 6.45) is 2.98. The van der Waals surface area contributed by atoms with Crippen molar-refractivity contribution in [2.24, 2.45) is 5.92 Å². The third-order valence-electron chi connectivity index (χ3n) is 5.67. The van der Waals surface area contributed by atoms with Gasteiger partial charge in [-0.3, -0.25) is 4.79 Å². The molecule has 2 aromatic rings. The summed E-state index contributed by atoms with van der Waals surface area (Å²) in [6.45, 7) is 10.9. The van der Waals surface area contributed by atoms with E-state index in [0.717, 1.165) is 19.5 Å². The lowest BCUT2D eigenvalue weighted by Gasteiger charge is -2.36. The van der Waals surface area contributed by atoms with Crippen LogP contribution in [-0.4, -0.2) is 29.9 Å². The molecule has 1 heterocycles. The summed E-state index contributed by atoms with van der Waals surface area (Å²) in [4.78, 5) is 15.3. The van der Waals surface area contributed by atoms with Gasteiger partial charge in [-0.2, -0.15) is 0 Å². The minimum atomic E-state index is -0.385. The Hall–Kier alpha value is -1.87. The molecule has 3 nitrogen and oxygen atoms in total. The Bertz CT molecular complexity index is 760. The summed E-state index contributed by atoms with van der Waals surface area (Å²) >= 11 is 0. The van der Waals surface area contributed by atoms with Crippen LogP contribution >= 0.6 is 0 Å². The summed E-state index contributed by atoms with van der Waals surface area (Å²) in [6, 6.07) is 15.3. The van der Waals surface area contributed by atoms with Gasteiger partial charge in [-0.25, -0.2) is 0 Å². The summed E-state index contributed by atoms with van der Waals surface area (Å²) in [5.41, 5.74) is 0.793. The predicted molar refractivity (Wildman–Crippen MR) is 109 cm³/mol. The fraction of sp³-hybridized carbons (Fsp3) is 0.522. The summed E-state index contributed by atoms with van der Waals surface area (Å²) in [7, 11) is 0. The molecule has 1 atom stereocenters. The Labute approximate surface area is 157 Å². The molecule has 1 aliphatic heterocycles. The van der Waals surface area contributed by atoms with Gasteiger partial charge in [0.25, 0.3) is 0 Å². The molecular weight excluding hydrogens is 320 g/mol. The second-order valence-corrected chi connectivity index (χ2v) is 8.50. The number of nitrogens with one attached hydrogen (secondary N) is 1. The van der Waals surface area contributed by atoms with E-state index in [-0.39, 0.29) is 11.4 Å². The maximum Gasteiger partial charge on any atom is 0.220 e. The van der Waals surface area contributed by atoms with Crippen molar-refractivity contribution in [2.45, 2.75) is 58.5 Å². The van der Waals surface area contributed by atoms with E-state index in [4.69, 9.17) is 0 Å². The van der Waals surface area contributed by atoms with Crippen molar-refractivity contribution in [1.82, 2.24) is 10.2 Å². The first-order valence-corrected chi connectivity index (χ1v) is 9.90. The minimum absolute atomic E-state index is 0.165. The fourth-order valence-corrected chi connectivity index (χ4v) is 4.23. The number of amides is 1. The third-order valence-corrected chi connectivity index (χ3v) is 5.67. The first kappa shape index (κ1) is 18.9. The standard InChI is InChI=1S/C23H32N2O/c1-17(2)25-14-8-9-18(16-25)15-22(26)24-23(3,4)21-13-7-11-19-10-5-6-12-20(19)21/h5-7,10-13,17-18H,8-9,14-16H2,1-4H3,(H,24,26). The molecule has 0 spiro atoms. The van der Waals surface area contributed by atoms with Crippen LogP contribution in [0, 0.1) is 5.92 Å². The van der Waals surface area contributed by atoms with Gasteiger partial charge >= 0.3 is 0 Å². The van der Waals surface area contributed by atoms with Crippen molar-refractivity contribution in [1.29, 1.82) is 0 Å². The van der Waals surface area contributed by atoms with E-state index in [2.05, 4.69) is 80.4 Å². The molecule has 3 heteroatoms. The zero-order chi connectivity index (χ0) is 18.7. The molecule has 1 aliphatic rings. The molecule has 1 N–H and O–H groups in total. The number of carbonyl (C=O) groups is 1. The third kappa shape index (κ3) is 4.27. The summed E-state index contributed by atoms with van der Waals surface area (Å²) in [5, 5.41) is 5.73. The number of likely N-dealkylation sites (tertiary alicyclic amines) is 1. The second kappa shape index (κ2) is 7.79. The first-order valence-electron chi connectivity index (χ1n) is 9.90. The van der Waals surface area contributed by atoms with E-state index in [1.807, 2.05) is 0 Å². The van der Waals surface area contributed by atoms with Crippen molar-refractivity contribution in [2.75, 3.05) is 13.1 Å². The lowest BCUT2D eigenvalue weighted by atomic mass is 9.88. The van der Waals surface area contributed by atoms with E-state index in [1.54, 1.807) is 0 Å². The van der Waals surface area contributed by atoms with Gasteiger partial charge in [0.05, 0.1) is 5.54 Å². The molecule has 140 valence electrons. The average molecular weight is 353 g/mol. The van der Waals surface area contributed by atoms with Crippen molar-refractivity contribution in [3.8, 4) is 0 Å². The van der Waals surface area contributed by atoms with Gasteiger partial charge in [0.1, 0.15) is 0 Å². The monoisotopic (exact) mass is 352 g/mol. The van der Waals surface area contributed by atoms with Gasteiger partial charge < -0.3 is 10.2 Å². The number of rotatable bonds is 5. The topological polar surface area (TPSA) is 32.3 Å². The van der Waals surface area contributed by atoms with Crippen LogP contribution < -0.4 is 5.32 Å². The molecule has 1 unspecified atom stereocenters. The quantitative estimate of drug-likeness (QED) is 0.846. The molecule has 0 saturated carbocycles. The Morgan fingerprint density at radius 2 is 1.92 bits per heavy atom. The van der Waals surface area contributed by atoms with Gasteiger partial charge in [0, 0.05) is 19.0 Å². The highest BCUT2D eigenvalue weighted by atomic mass is 16.1. The molecular formula is C23H32N2O. The highest BCUT2D eigenvalue weighted by Gasteiger charge is 2.28.